The van der Waals surface area contributed by atoms with Crippen LogP contribution in [-0.4, -0.2) is 31.0 Å². The lowest BCUT2D eigenvalue weighted by atomic mass is 10.2. The molecule has 1 N–H and O–H groups in total. The lowest BCUT2D eigenvalue weighted by molar-refractivity contribution is 0.102. The number of amides is 1. The zero-order valence-electron chi connectivity index (χ0n) is 10.9. The van der Waals surface area contributed by atoms with Crippen molar-refractivity contribution in [3.63, 3.8) is 0 Å². The number of benzene rings is 1. The van der Waals surface area contributed by atoms with Crippen LogP contribution >= 0.6 is 11.7 Å². The smallest absolute Gasteiger partial charge is 0.276 e. The number of ether oxygens (including phenoxy) is 1. The molecule has 3 heterocycles. The number of carbonyl (C=O) groups excluding carboxylic acids is 1. The average Bonchev–Trinajstić information content (AvgIpc) is 3.14. The topological polar surface area (TPSA) is 81.9 Å². The van der Waals surface area contributed by atoms with Gasteiger partial charge in [-0.3, -0.25) is 4.79 Å². The van der Waals surface area contributed by atoms with Gasteiger partial charge in [-0.15, -0.1) is 0 Å². The molecule has 4 rings (SSSR count). The number of aryl methyl sites for hydroxylation is 1. The second kappa shape index (κ2) is 4.81. The molecule has 3 aromatic rings. The Kier molecular flexibility index (Phi) is 2.81. The summed E-state index contributed by atoms with van der Waals surface area (Å²) in [7, 11) is 0. The Balaban J connectivity index is 1.63. The van der Waals surface area contributed by atoms with Crippen LogP contribution in [-0.2, 0) is 6.54 Å². The highest BCUT2D eigenvalue weighted by atomic mass is 32.1. The zero-order chi connectivity index (χ0) is 14.2. The van der Waals surface area contributed by atoms with Gasteiger partial charge in [-0.05, 0) is 12.1 Å². The fourth-order valence-electron chi connectivity index (χ4n) is 2.27. The predicted octanol–water partition coefficient (Wildman–Crippen LogP) is 1.92. The first kappa shape index (κ1) is 12.3. The van der Waals surface area contributed by atoms with Crippen LogP contribution in [0.25, 0.3) is 11.0 Å². The standard InChI is InChI=1S/C13H11N5O2S/c19-13(10-7-11-18(15-10)5-2-6-20-11)14-8-3-1-4-9-12(8)17-21-16-9/h1,3-4,7H,2,5-6H2,(H,14,19). The third kappa shape index (κ3) is 2.13. The van der Waals surface area contributed by atoms with E-state index in [9.17, 15) is 4.79 Å². The molecule has 0 aliphatic carbocycles. The van der Waals surface area contributed by atoms with Crippen LogP contribution in [0, 0.1) is 0 Å². The molecule has 21 heavy (non-hydrogen) atoms. The predicted molar refractivity (Wildman–Crippen MR) is 77.7 cm³/mol. The summed E-state index contributed by atoms with van der Waals surface area (Å²) in [6.07, 6.45) is 0.902. The Morgan fingerprint density at radius 2 is 2.33 bits per heavy atom. The van der Waals surface area contributed by atoms with E-state index in [1.807, 2.05) is 12.1 Å². The number of nitrogens with one attached hydrogen (secondary N) is 1. The van der Waals surface area contributed by atoms with Gasteiger partial charge in [-0.1, -0.05) is 6.07 Å². The van der Waals surface area contributed by atoms with Gasteiger partial charge in [0.25, 0.3) is 5.91 Å². The lowest BCUT2D eigenvalue weighted by Gasteiger charge is -2.13. The van der Waals surface area contributed by atoms with E-state index in [0.717, 1.165) is 30.2 Å². The van der Waals surface area contributed by atoms with Crippen LogP contribution < -0.4 is 10.1 Å². The molecule has 0 saturated heterocycles. The van der Waals surface area contributed by atoms with Crippen molar-refractivity contribution in [2.45, 2.75) is 13.0 Å². The van der Waals surface area contributed by atoms with E-state index in [2.05, 4.69) is 19.2 Å². The molecule has 0 bridgehead atoms. The third-order valence-corrected chi connectivity index (χ3v) is 3.82. The van der Waals surface area contributed by atoms with Crippen molar-refractivity contribution in [2.75, 3.05) is 11.9 Å². The maximum atomic E-state index is 12.3. The summed E-state index contributed by atoms with van der Waals surface area (Å²) in [5, 5.41) is 7.09. The van der Waals surface area contributed by atoms with Crippen LogP contribution in [0.4, 0.5) is 5.69 Å². The maximum absolute atomic E-state index is 12.3. The van der Waals surface area contributed by atoms with Crippen LogP contribution in [0.1, 0.15) is 16.9 Å². The zero-order valence-corrected chi connectivity index (χ0v) is 11.8. The molecule has 0 atom stereocenters. The van der Waals surface area contributed by atoms with E-state index in [-0.39, 0.29) is 5.91 Å². The van der Waals surface area contributed by atoms with Crippen LogP contribution in [0.15, 0.2) is 24.3 Å². The molecule has 0 unspecified atom stereocenters. The quantitative estimate of drug-likeness (QED) is 0.782. The second-order valence-corrected chi connectivity index (χ2v) is 5.21. The van der Waals surface area contributed by atoms with Gasteiger partial charge in [0, 0.05) is 19.0 Å². The summed E-state index contributed by atoms with van der Waals surface area (Å²) in [5.74, 6) is 0.362. The van der Waals surface area contributed by atoms with Crippen LogP contribution in [0.5, 0.6) is 5.88 Å². The molecule has 7 nitrogen and oxygen atoms in total. The minimum absolute atomic E-state index is 0.277. The molecule has 0 saturated carbocycles. The first-order valence-electron chi connectivity index (χ1n) is 6.54. The Morgan fingerprint density at radius 3 is 3.24 bits per heavy atom. The summed E-state index contributed by atoms with van der Waals surface area (Å²) in [5.41, 5.74) is 2.44. The molecule has 0 fully saturated rings. The normalized spacial score (nSPS) is 13.7. The number of fused-ring (bicyclic) bond motifs is 2. The van der Waals surface area contributed by atoms with Gasteiger partial charge in [0.2, 0.25) is 5.88 Å². The molecule has 2 aromatic heterocycles. The SMILES string of the molecule is O=C(Nc1cccc2nsnc12)c1cc2n(n1)CCCO2. The van der Waals surface area contributed by atoms with Crippen LogP contribution in [0.3, 0.4) is 0 Å². The molecule has 0 spiro atoms. The molecule has 106 valence electrons. The summed E-state index contributed by atoms with van der Waals surface area (Å²) >= 11 is 1.12. The monoisotopic (exact) mass is 301 g/mol. The average molecular weight is 301 g/mol. The highest BCUT2D eigenvalue weighted by molar-refractivity contribution is 7.00. The van der Waals surface area contributed by atoms with Gasteiger partial charge in [0.05, 0.1) is 24.0 Å². The van der Waals surface area contributed by atoms with E-state index in [0.29, 0.717) is 29.4 Å². The first-order valence-corrected chi connectivity index (χ1v) is 7.27. The van der Waals surface area contributed by atoms with E-state index < -0.39 is 0 Å². The maximum Gasteiger partial charge on any atom is 0.276 e. The first-order chi connectivity index (χ1) is 10.3. The van der Waals surface area contributed by atoms with Gasteiger partial charge in [0.1, 0.15) is 11.0 Å². The number of rotatable bonds is 2. The van der Waals surface area contributed by atoms with Gasteiger partial charge >= 0.3 is 0 Å². The number of nitrogens with zero attached hydrogens (tertiary/aromatic N) is 4. The number of aromatic nitrogens is 4. The number of carbonyl (C=O) groups is 1. The fourth-order valence-corrected chi connectivity index (χ4v) is 2.82. The highest BCUT2D eigenvalue weighted by Crippen LogP contribution is 2.23. The van der Waals surface area contributed by atoms with Gasteiger partial charge in [0.15, 0.2) is 5.69 Å². The molecule has 1 aliphatic heterocycles. The van der Waals surface area contributed by atoms with E-state index in [4.69, 9.17) is 4.74 Å². The van der Waals surface area contributed by atoms with Gasteiger partial charge < -0.3 is 10.1 Å². The molecule has 1 aromatic carbocycles. The summed E-state index contributed by atoms with van der Waals surface area (Å²) in [6.45, 7) is 1.44. The largest absolute Gasteiger partial charge is 0.478 e. The third-order valence-electron chi connectivity index (χ3n) is 3.27. The minimum Gasteiger partial charge on any atom is -0.478 e. The summed E-state index contributed by atoms with van der Waals surface area (Å²) in [4.78, 5) is 12.3. The van der Waals surface area contributed by atoms with Crippen molar-refractivity contribution in [1.82, 2.24) is 18.5 Å². The second-order valence-electron chi connectivity index (χ2n) is 4.68. The fraction of sp³-hybridized carbons (Fsp3) is 0.231. The molecular formula is C13H11N5O2S. The Bertz CT molecular complexity index is 801. The highest BCUT2D eigenvalue weighted by Gasteiger charge is 2.18. The van der Waals surface area contributed by atoms with Crippen molar-refractivity contribution in [3.8, 4) is 5.88 Å². The van der Waals surface area contributed by atoms with E-state index in [1.54, 1.807) is 16.8 Å². The Labute approximate surface area is 123 Å². The Hall–Kier alpha value is -2.48. The van der Waals surface area contributed by atoms with Crippen molar-refractivity contribution in [1.29, 1.82) is 0 Å². The number of hydrogen-bond acceptors (Lipinski definition) is 6. The minimum atomic E-state index is -0.277. The number of hydrogen-bond donors (Lipinski definition) is 1. The van der Waals surface area contributed by atoms with E-state index >= 15 is 0 Å². The number of anilines is 1. The van der Waals surface area contributed by atoms with Crippen molar-refractivity contribution >= 4 is 34.4 Å². The molecule has 8 heteroatoms. The lowest BCUT2D eigenvalue weighted by Crippen LogP contribution is -2.16. The molecule has 1 amide bonds. The van der Waals surface area contributed by atoms with E-state index in [1.165, 1.54) is 0 Å². The molecule has 1 aliphatic rings. The summed E-state index contributed by atoms with van der Waals surface area (Å²) in [6, 6.07) is 7.15. The van der Waals surface area contributed by atoms with Crippen molar-refractivity contribution in [3.05, 3.63) is 30.0 Å². The van der Waals surface area contributed by atoms with Crippen molar-refractivity contribution in [2.24, 2.45) is 0 Å². The van der Waals surface area contributed by atoms with Gasteiger partial charge in [-0.25, -0.2) is 4.68 Å². The summed E-state index contributed by atoms with van der Waals surface area (Å²) < 4.78 is 15.5. The Morgan fingerprint density at radius 1 is 1.38 bits per heavy atom. The molecular weight excluding hydrogens is 290 g/mol. The van der Waals surface area contributed by atoms with Gasteiger partial charge in [-0.2, -0.15) is 13.8 Å². The van der Waals surface area contributed by atoms with Crippen LogP contribution in [0.2, 0.25) is 0 Å². The van der Waals surface area contributed by atoms with Crippen molar-refractivity contribution < 1.29 is 9.53 Å². The molecule has 0 radical (unpaired) electrons.